The average molecular weight is 251 g/mol. The van der Waals surface area contributed by atoms with E-state index in [0.29, 0.717) is 36.7 Å². The van der Waals surface area contributed by atoms with Crippen molar-refractivity contribution in [1.82, 2.24) is 20.2 Å². The van der Waals surface area contributed by atoms with Gasteiger partial charge in [0, 0.05) is 12.5 Å². The van der Waals surface area contributed by atoms with Crippen LogP contribution in [0.15, 0.2) is 10.6 Å². The summed E-state index contributed by atoms with van der Waals surface area (Å²) < 4.78 is 6.42. The van der Waals surface area contributed by atoms with E-state index in [2.05, 4.69) is 15.5 Å². The van der Waals surface area contributed by atoms with Gasteiger partial charge in [-0.25, -0.2) is 9.48 Å². The van der Waals surface area contributed by atoms with Crippen LogP contribution in [0.2, 0.25) is 0 Å². The Kier molecular flexibility index (Phi) is 3.38. The second-order valence-corrected chi connectivity index (χ2v) is 3.82. The van der Waals surface area contributed by atoms with Crippen LogP contribution in [0.4, 0.5) is 0 Å². The number of carbonyl (C=O) groups is 1. The molecule has 0 aromatic carbocycles. The summed E-state index contributed by atoms with van der Waals surface area (Å²) in [5, 5.41) is 20.3. The molecule has 0 bridgehead atoms. The van der Waals surface area contributed by atoms with Crippen LogP contribution in [0.3, 0.4) is 0 Å². The van der Waals surface area contributed by atoms with Crippen LogP contribution in [-0.4, -0.2) is 37.8 Å². The predicted molar refractivity (Wildman–Crippen MR) is 60.1 cm³/mol. The molecule has 0 spiro atoms. The van der Waals surface area contributed by atoms with Gasteiger partial charge in [-0.3, -0.25) is 0 Å². The minimum atomic E-state index is -1.11. The summed E-state index contributed by atoms with van der Waals surface area (Å²) in [6.45, 7) is 2.42. The minimum absolute atomic E-state index is 0.0688. The first-order valence-electron chi connectivity index (χ1n) is 5.39. The van der Waals surface area contributed by atoms with Crippen molar-refractivity contribution in [2.24, 2.45) is 5.73 Å². The molecule has 3 N–H and O–H groups in total. The van der Waals surface area contributed by atoms with E-state index in [0.717, 1.165) is 0 Å². The lowest BCUT2D eigenvalue weighted by Crippen LogP contribution is -2.14. The van der Waals surface area contributed by atoms with E-state index in [-0.39, 0.29) is 5.69 Å². The number of aromatic nitrogens is 4. The van der Waals surface area contributed by atoms with Gasteiger partial charge >= 0.3 is 5.97 Å². The van der Waals surface area contributed by atoms with Gasteiger partial charge in [0.15, 0.2) is 5.69 Å². The number of hydrogen-bond acceptors (Lipinski definition) is 6. The largest absolute Gasteiger partial charge is 0.476 e. The van der Waals surface area contributed by atoms with Gasteiger partial charge in [-0.15, -0.1) is 5.10 Å². The highest BCUT2D eigenvalue weighted by atomic mass is 16.5. The topological polar surface area (TPSA) is 120 Å². The van der Waals surface area contributed by atoms with Crippen LogP contribution in [0.25, 0.3) is 0 Å². The van der Waals surface area contributed by atoms with Gasteiger partial charge in [0.05, 0.1) is 12.2 Å². The van der Waals surface area contributed by atoms with Crippen molar-refractivity contribution in [2.75, 3.05) is 6.54 Å². The second kappa shape index (κ2) is 4.96. The molecular formula is C10H13N5O3. The predicted octanol–water partition coefficient (Wildman–Crippen LogP) is -0.178. The van der Waals surface area contributed by atoms with Gasteiger partial charge in [-0.2, -0.15) is 0 Å². The lowest BCUT2D eigenvalue weighted by molar-refractivity contribution is 0.0689. The molecule has 0 unspecified atom stereocenters. The first kappa shape index (κ1) is 12.2. The standard InChI is InChI=1S/C10H13N5O3/c1-6-4-7(13-18-6)5-15-8(2-3-11)9(10(16)17)12-14-15/h4H,2-3,5,11H2,1H3,(H,16,17). The number of aromatic carboxylic acids is 1. The number of carboxylic acids is 1. The molecule has 8 nitrogen and oxygen atoms in total. The van der Waals surface area contributed by atoms with Crippen LogP contribution in [0.5, 0.6) is 0 Å². The average Bonchev–Trinajstić information content (AvgIpc) is 2.88. The van der Waals surface area contributed by atoms with Gasteiger partial charge < -0.3 is 15.4 Å². The molecule has 18 heavy (non-hydrogen) atoms. The third kappa shape index (κ3) is 2.38. The molecule has 2 heterocycles. The third-order valence-corrected chi connectivity index (χ3v) is 2.41. The number of nitrogens with zero attached hydrogens (tertiary/aromatic N) is 4. The van der Waals surface area contributed by atoms with E-state index in [1.54, 1.807) is 13.0 Å². The number of carboxylic acid groups (broad SMARTS) is 1. The van der Waals surface area contributed by atoms with Crippen molar-refractivity contribution >= 4 is 5.97 Å². The molecule has 0 saturated carbocycles. The van der Waals surface area contributed by atoms with Gasteiger partial charge in [0.1, 0.15) is 11.5 Å². The first-order chi connectivity index (χ1) is 8.61. The maximum atomic E-state index is 11.0. The molecule has 0 aliphatic rings. The molecular weight excluding hydrogens is 238 g/mol. The molecule has 0 radical (unpaired) electrons. The Hall–Kier alpha value is -2.22. The Morgan fingerprint density at radius 2 is 2.39 bits per heavy atom. The normalized spacial score (nSPS) is 10.8. The lowest BCUT2D eigenvalue weighted by Gasteiger charge is -2.03. The highest BCUT2D eigenvalue weighted by molar-refractivity contribution is 5.86. The maximum absolute atomic E-state index is 11.0. The smallest absolute Gasteiger partial charge is 0.358 e. The summed E-state index contributed by atoms with van der Waals surface area (Å²) in [5.74, 6) is -0.426. The highest BCUT2D eigenvalue weighted by Crippen LogP contribution is 2.10. The Bertz CT molecular complexity index is 560. The monoisotopic (exact) mass is 251 g/mol. The van der Waals surface area contributed by atoms with Crippen LogP contribution >= 0.6 is 0 Å². The van der Waals surface area contributed by atoms with E-state index in [9.17, 15) is 4.79 Å². The van der Waals surface area contributed by atoms with Gasteiger partial charge in [-0.1, -0.05) is 10.4 Å². The molecule has 2 aromatic rings. The molecule has 0 aliphatic heterocycles. The quantitative estimate of drug-likeness (QED) is 0.756. The van der Waals surface area contributed by atoms with Crippen molar-refractivity contribution in [3.05, 3.63) is 28.9 Å². The summed E-state index contributed by atoms with van der Waals surface area (Å²) in [6, 6.07) is 1.76. The van der Waals surface area contributed by atoms with Crippen molar-refractivity contribution in [3.63, 3.8) is 0 Å². The van der Waals surface area contributed by atoms with Crippen LogP contribution in [-0.2, 0) is 13.0 Å². The Labute approximate surface area is 102 Å². The molecule has 8 heteroatoms. The van der Waals surface area contributed by atoms with E-state index >= 15 is 0 Å². The van der Waals surface area contributed by atoms with Crippen molar-refractivity contribution in [1.29, 1.82) is 0 Å². The molecule has 2 aromatic heterocycles. The molecule has 0 fully saturated rings. The number of rotatable bonds is 5. The minimum Gasteiger partial charge on any atom is -0.476 e. The first-order valence-corrected chi connectivity index (χ1v) is 5.39. The number of nitrogens with two attached hydrogens (primary N) is 1. The summed E-state index contributed by atoms with van der Waals surface area (Å²) in [4.78, 5) is 11.0. The van der Waals surface area contributed by atoms with Gasteiger partial charge in [0.25, 0.3) is 0 Å². The van der Waals surface area contributed by atoms with Crippen molar-refractivity contribution < 1.29 is 14.4 Å². The Morgan fingerprint density at radius 3 is 2.94 bits per heavy atom. The Morgan fingerprint density at radius 1 is 1.61 bits per heavy atom. The van der Waals surface area contributed by atoms with Gasteiger partial charge in [-0.05, 0) is 13.5 Å². The Balaban J connectivity index is 2.29. The van der Waals surface area contributed by atoms with E-state index < -0.39 is 5.97 Å². The van der Waals surface area contributed by atoms with Crippen LogP contribution < -0.4 is 5.73 Å². The molecule has 0 amide bonds. The summed E-state index contributed by atoms with van der Waals surface area (Å²) >= 11 is 0. The third-order valence-electron chi connectivity index (χ3n) is 2.41. The SMILES string of the molecule is Cc1cc(Cn2nnc(C(=O)O)c2CCN)no1. The zero-order valence-electron chi connectivity index (χ0n) is 9.83. The fourth-order valence-corrected chi connectivity index (χ4v) is 1.66. The number of aryl methyl sites for hydroxylation is 1. The fourth-order valence-electron chi connectivity index (χ4n) is 1.66. The fraction of sp³-hybridized carbons (Fsp3) is 0.400. The van der Waals surface area contributed by atoms with Gasteiger partial charge in [0.2, 0.25) is 0 Å². The molecule has 0 atom stereocenters. The lowest BCUT2D eigenvalue weighted by atomic mass is 10.2. The summed E-state index contributed by atoms with van der Waals surface area (Å²) in [5.41, 5.74) is 6.54. The second-order valence-electron chi connectivity index (χ2n) is 3.82. The zero-order valence-corrected chi connectivity index (χ0v) is 9.83. The molecule has 0 aliphatic carbocycles. The van der Waals surface area contributed by atoms with Crippen LogP contribution in [0.1, 0.15) is 27.6 Å². The molecule has 0 saturated heterocycles. The van der Waals surface area contributed by atoms with Crippen molar-refractivity contribution in [3.8, 4) is 0 Å². The molecule has 96 valence electrons. The van der Waals surface area contributed by atoms with E-state index in [4.69, 9.17) is 15.4 Å². The highest BCUT2D eigenvalue weighted by Gasteiger charge is 2.18. The van der Waals surface area contributed by atoms with Crippen LogP contribution in [0, 0.1) is 6.92 Å². The number of hydrogen-bond donors (Lipinski definition) is 2. The zero-order chi connectivity index (χ0) is 13.1. The summed E-state index contributed by atoms with van der Waals surface area (Å²) in [7, 11) is 0. The molecule has 2 rings (SSSR count). The van der Waals surface area contributed by atoms with E-state index in [1.165, 1.54) is 4.68 Å². The summed E-state index contributed by atoms with van der Waals surface area (Å²) in [6.07, 6.45) is 0.394. The van der Waals surface area contributed by atoms with E-state index in [1.807, 2.05) is 0 Å². The maximum Gasteiger partial charge on any atom is 0.358 e. The van der Waals surface area contributed by atoms with Crippen molar-refractivity contribution in [2.45, 2.75) is 19.9 Å².